The van der Waals surface area contributed by atoms with Crippen molar-refractivity contribution < 1.29 is 9.59 Å². The van der Waals surface area contributed by atoms with Gasteiger partial charge in [-0.15, -0.1) is 6.58 Å². The topological polar surface area (TPSA) is 49.4 Å². The predicted octanol–water partition coefficient (Wildman–Crippen LogP) is 5.48. The minimum absolute atomic E-state index is 0.151. The lowest BCUT2D eigenvalue weighted by Crippen LogP contribution is -2.51. The molecule has 6 heteroatoms. The third-order valence-corrected chi connectivity index (χ3v) is 5.73. The molecule has 3 aromatic carbocycles. The fourth-order valence-corrected chi connectivity index (χ4v) is 3.76. The minimum Gasteiger partial charge on any atom is -0.351 e. The van der Waals surface area contributed by atoms with E-state index < -0.39 is 6.04 Å². The molecule has 0 aliphatic rings. The molecule has 0 spiro atoms. The highest BCUT2D eigenvalue weighted by Crippen LogP contribution is 2.19. The van der Waals surface area contributed by atoms with Crippen LogP contribution in [0.1, 0.15) is 16.7 Å². The first kappa shape index (κ1) is 24.6. The average molecular weight is 481 g/mol. The molecule has 0 saturated heterocycles. The Labute approximate surface area is 204 Å². The number of nitrogens with zero attached hydrogens (tertiary/aromatic N) is 1. The molecular formula is C27H26Cl2N2O2. The van der Waals surface area contributed by atoms with E-state index in [4.69, 9.17) is 23.2 Å². The Hall–Kier alpha value is -3.08. The fourth-order valence-electron chi connectivity index (χ4n) is 3.51. The molecule has 0 saturated carbocycles. The van der Waals surface area contributed by atoms with Crippen LogP contribution in [-0.2, 0) is 29.0 Å². The maximum absolute atomic E-state index is 13.5. The van der Waals surface area contributed by atoms with Gasteiger partial charge in [-0.25, -0.2) is 0 Å². The summed E-state index contributed by atoms with van der Waals surface area (Å²) < 4.78 is 0. The normalized spacial score (nSPS) is 11.5. The maximum Gasteiger partial charge on any atom is 0.243 e. The summed E-state index contributed by atoms with van der Waals surface area (Å²) in [7, 11) is 0. The Kier molecular flexibility index (Phi) is 9.11. The van der Waals surface area contributed by atoms with E-state index in [0.29, 0.717) is 23.0 Å². The summed E-state index contributed by atoms with van der Waals surface area (Å²) in [4.78, 5) is 28.4. The first-order chi connectivity index (χ1) is 16.0. The molecule has 0 aliphatic heterocycles. The van der Waals surface area contributed by atoms with E-state index in [9.17, 15) is 9.59 Å². The second kappa shape index (κ2) is 12.2. The molecule has 0 radical (unpaired) electrons. The van der Waals surface area contributed by atoms with Gasteiger partial charge in [-0.3, -0.25) is 9.59 Å². The molecule has 0 aliphatic carbocycles. The van der Waals surface area contributed by atoms with Crippen molar-refractivity contribution in [3.63, 3.8) is 0 Å². The number of carbonyl (C=O) groups excluding carboxylic acids is 2. The van der Waals surface area contributed by atoms with Crippen molar-refractivity contribution in [2.24, 2.45) is 0 Å². The number of benzene rings is 3. The van der Waals surface area contributed by atoms with Gasteiger partial charge < -0.3 is 10.2 Å². The summed E-state index contributed by atoms with van der Waals surface area (Å²) in [5, 5.41) is 4.08. The lowest BCUT2D eigenvalue weighted by atomic mass is 10.0. The van der Waals surface area contributed by atoms with Crippen LogP contribution < -0.4 is 5.32 Å². The Morgan fingerprint density at radius 2 is 1.42 bits per heavy atom. The van der Waals surface area contributed by atoms with Gasteiger partial charge in [0.2, 0.25) is 11.8 Å². The van der Waals surface area contributed by atoms with Crippen LogP contribution in [0.4, 0.5) is 0 Å². The monoisotopic (exact) mass is 480 g/mol. The number of rotatable bonds is 10. The molecular weight excluding hydrogens is 455 g/mol. The molecule has 170 valence electrons. The quantitative estimate of drug-likeness (QED) is 0.390. The van der Waals surface area contributed by atoms with E-state index in [0.717, 1.165) is 16.7 Å². The minimum atomic E-state index is -0.692. The van der Waals surface area contributed by atoms with Crippen LogP contribution in [0.2, 0.25) is 10.0 Å². The molecule has 0 heterocycles. The van der Waals surface area contributed by atoms with Crippen LogP contribution in [0.25, 0.3) is 0 Å². The van der Waals surface area contributed by atoms with Crippen molar-refractivity contribution in [2.45, 2.75) is 25.4 Å². The molecule has 33 heavy (non-hydrogen) atoms. The molecule has 3 aromatic rings. The molecule has 1 N–H and O–H groups in total. The van der Waals surface area contributed by atoms with Gasteiger partial charge in [0.05, 0.1) is 6.42 Å². The van der Waals surface area contributed by atoms with E-state index in [1.54, 1.807) is 35.2 Å². The molecule has 3 rings (SSSR count). The van der Waals surface area contributed by atoms with Crippen LogP contribution in [0, 0.1) is 0 Å². The van der Waals surface area contributed by atoms with Crippen LogP contribution in [0.5, 0.6) is 0 Å². The highest BCUT2D eigenvalue weighted by molar-refractivity contribution is 6.30. The smallest absolute Gasteiger partial charge is 0.243 e. The Morgan fingerprint density at radius 1 is 0.848 bits per heavy atom. The molecule has 4 nitrogen and oxygen atoms in total. The zero-order chi connectivity index (χ0) is 23.6. The van der Waals surface area contributed by atoms with Gasteiger partial charge in [-0.1, -0.05) is 83.9 Å². The number of carbonyl (C=O) groups is 2. The number of hydrogen-bond donors (Lipinski definition) is 1. The highest BCUT2D eigenvalue weighted by atomic mass is 35.5. The van der Waals surface area contributed by atoms with Gasteiger partial charge in [0.25, 0.3) is 0 Å². The molecule has 0 bridgehead atoms. The van der Waals surface area contributed by atoms with Crippen molar-refractivity contribution in [1.82, 2.24) is 10.2 Å². The largest absolute Gasteiger partial charge is 0.351 e. The summed E-state index contributed by atoms with van der Waals surface area (Å²) in [6.45, 7) is 4.28. The van der Waals surface area contributed by atoms with Gasteiger partial charge in [-0.05, 0) is 41.0 Å². The second-order valence-electron chi connectivity index (χ2n) is 7.69. The first-order valence-electron chi connectivity index (χ1n) is 10.7. The Bertz CT molecular complexity index is 1070. The first-order valence-corrected chi connectivity index (χ1v) is 11.4. The summed E-state index contributed by atoms with van der Waals surface area (Å²) >= 11 is 12.0. The van der Waals surface area contributed by atoms with Crippen LogP contribution >= 0.6 is 23.2 Å². The average Bonchev–Trinajstić information content (AvgIpc) is 2.83. The molecule has 0 aromatic heterocycles. The van der Waals surface area contributed by atoms with Crippen molar-refractivity contribution in [1.29, 1.82) is 0 Å². The highest BCUT2D eigenvalue weighted by Gasteiger charge is 2.30. The summed E-state index contributed by atoms with van der Waals surface area (Å²) in [6.07, 6.45) is 2.17. The lowest BCUT2D eigenvalue weighted by molar-refractivity contribution is -0.140. The van der Waals surface area contributed by atoms with Gasteiger partial charge in [0.15, 0.2) is 0 Å². The van der Waals surface area contributed by atoms with Gasteiger partial charge in [0.1, 0.15) is 6.04 Å². The standard InChI is InChI=1S/C27H26Cl2N2O2/c1-2-16-30-27(33)25(17-20-6-4-3-5-7-20)31(19-22-10-14-24(29)15-11-22)26(32)18-21-8-12-23(28)13-9-21/h2-15,25H,1,16-19H2,(H,30,33)/t25-/m1/s1. The zero-order valence-electron chi connectivity index (χ0n) is 18.2. The van der Waals surface area contributed by atoms with E-state index in [2.05, 4.69) is 11.9 Å². The third-order valence-electron chi connectivity index (χ3n) is 5.23. The summed E-state index contributed by atoms with van der Waals surface area (Å²) in [6, 6.07) is 23.4. The van der Waals surface area contributed by atoms with E-state index in [-0.39, 0.29) is 24.8 Å². The van der Waals surface area contributed by atoms with E-state index in [1.165, 1.54) is 0 Å². The molecule has 2 amide bonds. The maximum atomic E-state index is 13.5. The van der Waals surface area contributed by atoms with Crippen molar-refractivity contribution in [2.75, 3.05) is 6.54 Å². The van der Waals surface area contributed by atoms with Crippen LogP contribution in [0.3, 0.4) is 0 Å². The Morgan fingerprint density at radius 3 is 2.00 bits per heavy atom. The molecule has 1 atom stereocenters. The number of amides is 2. The SMILES string of the molecule is C=CCNC(=O)[C@@H](Cc1ccccc1)N(Cc1ccc(Cl)cc1)C(=O)Cc1ccc(Cl)cc1. The van der Waals surface area contributed by atoms with Crippen LogP contribution in [-0.4, -0.2) is 29.3 Å². The molecule has 0 fully saturated rings. The van der Waals surface area contributed by atoms with Crippen molar-refractivity contribution in [3.05, 3.63) is 118 Å². The van der Waals surface area contributed by atoms with E-state index >= 15 is 0 Å². The van der Waals surface area contributed by atoms with E-state index in [1.807, 2.05) is 54.6 Å². The zero-order valence-corrected chi connectivity index (χ0v) is 19.7. The predicted molar refractivity (Wildman–Crippen MR) is 134 cm³/mol. The summed E-state index contributed by atoms with van der Waals surface area (Å²) in [5.41, 5.74) is 2.69. The van der Waals surface area contributed by atoms with Gasteiger partial charge >= 0.3 is 0 Å². The van der Waals surface area contributed by atoms with Gasteiger partial charge in [-0.2, -0.15) is 0 Å². The van der Waals surface area contributed by atoms with Crippen molar-refractivity contribution in [3.8, 4) is 0 Å². The third kappa shape index (κ3) is 7.48. The number of nitrogens with one attached hydrogen (secondary N) is 1. The lowest BCUT2D eigenvalue weighted by Gasteiger charge is -2.31. The number of hydrogen-bond acceptors (Lipinski definition) is 2. The second-order valence-corrected chi connectivity index (χ2v) is 8.56. The molecule has 0 unspecified atom stereocenters. The fraction of sp³-hybridized carbons (Fsp3) is 0.185. The van der Waals surface area contributed by atoms with Gasteiger partial charge in [0, 0.05) is 29.6 Å². The van der Waals surface area contributed by atoms with Crippen LogP contribution in [0.15, 0.2) is 91.5 Å². The Balaban J connectivity index is 1.94. The summed E-state index contributed by atoms with van der Waals surface area (Å²) in [5.74, 6) is -0.376. The van der Waals surface area contributed by atoms with Crippen molar-refractivity contribution >= 4 is 35.0 Å². The number of halogens is 2.